The zero-order chi connectivity index (χ0) is 14.6. The van der Waals surface area contributed by atoms with Gasteiger partial charge in [0.05, 0.1) is 0 Å². The number of amides is 1. The van der Waals surface area contributed by atoms with Gasteiger partial charge in [-0.15, -0.1) is 0 Å². The summed E-state index contributed by atoms with van der Waals surface area (Å²) in [5.74, 6) is 0.387. The van der Waals surface area contributed by atoms with E-state index in [1.807, 2.05) is 26.0 Å². The summed E-state index contributed by atoms with van der Waals surface area (Å²) >= 11 is 6.37. The first-order chi connectivity index (χ1) is 8.88. The SMILES string of the molecule is CCCC(C)C(=O)Nc1ccc(C)c(Cl)c1C(C)C. The van der Waals surface area contributed by atoms with Gasteiger partial charge in [0.25, 0.3) is 0 Å². The van der Waals surface area contributed by atoms with E-state index >= 15 is 0 Å². The molecule has 0 aromatic heterocycles. The number of rotatable bonds is 5. The van der Waals surface area contributed by atoms with E-state index in [1.54, 1.807) is 0 Å². The van der Waals surface area contributed by atoms with E-state index in [1.165, 1.54) is 0 Å². The maximum Gasteiger partial charge on any atom is 0.227 e. The standard InChI is InChI=1S/C16H24ClNO/c1-6-7-12(5)16(19)18-13-9-8-11(4)15(17)14(13)10(2)3/h8-10,12H,6-7H2,1-5H3,(H,18,19). The molecular weight excluding hydrogens is 258 g/mol. The first kappa shape index (κ1) is 16.0. The van der Waals surface area contributed by atoms with Crippen LogP contribution in [0.15, 0.2) is 12.1 Å². The Balaban J connectivity index is 3.01. The second kappa shape index (κ2) is 6.95. The van der Waals surface area contributed by atoms with Gasteiger partial charge >= 0.3 is 0 Å². The summed E-state index contributed by atoms with van der Waals surface area (Å²) in [6, 6.07) is 3.90. The summed E-state index contributed by atoms with van der Waals surface area (Å²) in [4.78, 5) is 12.1. The quantitative estimate of drug-likeness (QED) is 0.795. The van der Waals surface area contributed by atoms with Crippen LogP contribution in [0, 0.1) is 12.8 Å². The molecule has 0 aliphatic rings. The lowest BCUT2D eigenvalue weighted by atomic mass is 9.97. The van der Waals surface area contributed by atoms with Crippen molar-refractivity contribution in [1.29, 1.82) is 0 Å². The number of hydrogen-bond donors (Lipinski definition) is 1. The Labute approximate surface area is 121 Å². The average Bonchev–Trinajstić information content (AvgIpc) is 2.33. The summed E-state index contributed by atoms with van der Waals surface area (Å²) in [6.45, 7) is 10.2. The van der Waals surface area contributed by atoms with Gasteiger partial charge in [-0.05, 0) is 36.5 Å². The van der Waals surface area contributed by atoms with Crippen molar-refractivity contribution >= 4 is 23.2 Å². The number of carbonyl (C=O) groups is 1. The molecule has 1 aromatic carbocycles. The van der Waals surface area contributed by atoms with Crippen LogP contribution in [0.25, 0.3) is 0 Å². The molecule has 1 N–H and O–H groups in total. The van der Waals surface area contributed by atoms with Crippen LogP contribution in [-0.4, -0.2) is 5.91 Å². The molecule has 1 unspecified atom stereocenters. The largest absolute Gasteiger partial charge is 0.326 e. The Morgan fingerprint density at radius 2 is 1.95 bits per heavy atom. The molecular formula is C16H24ClNO. The molecule has 0 bridgehead atoms. The van der Waals surface area contributed by atoms with Crippen molar-refractivity contribution in [3.8, 4) is 0 Å². The summed E-state index contributed by atoms with van der Waals surface area (Å²) in [5, 5.41) is 3.78. The van der Waals surface area contributed by atoms with E-state index in [0.717, 1.165) is 34.7 Å². The highest BCUT2D eigenvalue weighted by atomic mass is 35.5. The molecule has 2 nitrogen and oxygen atoms in total. The molecule has 1 atom stereocenters. The Hall–Kier alpha value is -1.02. The van der Waals surface area contributed by atoms with Crippen molar-refractivity contribution in [2.75, 3.05) is 5.32 Å². The molecule has 0 radical (unpaired) electrons. The molecule has 0 saturated carbocycles. The Kier molecular flexibility index (Phi) is 5.86. The first-order valence-corrected chi connectivity index (χ1v) is 7.36. The van der Waals surface area contributed by atoms with Crippen LogP contribution in [0.1, 0.15) is 57.6 Å². The van der Waals surface area contributed by atoms with Crippen molar-refractivity contribution in [2.45, 2.75) is 53.4 Å². The highest BCUT2D eigenvalue weighted by Gasteiger charge is 2.17. The molecule has 0 saturated heterocycles. The first-order valence-electron chi connectivity index (χ1n) is 6.98. The van der Waals surface area contributed by atoms with Crippen molar-refractivity contribution in [3.63, 3.8) is 0 Å². The van der Waals surface area contributed by atoms with Crippen molar-refractivity contribution in [3.05, 3.63) is 28.3 Å². The topological polar surface area (TPSA) is 29.1 Å². The molecule has 0 aliphatic heterocycles. The molecule has 3 heteroatoms. The van der Waals surface area contributed by atoms with E-state index in [0.29, 0.717) is 0 Å². The fourth-order valence-corrected chi connectivity index (χ4v) is 2.58. The normalized spacial score (nSPS) is 12.6. The van der Waals surface area contributed by atoms with Gasteiger partial charge in [0, 0.05) is 16.6 Å². The number of nitrogens with one attached hydrogen (secondary N) is 1. The summed E-state index contributed by atoms with van der Waals surface area (Å²) in [6.07, 6.45) is 1.92. The minimum atomic E-state index is 0.0325. The number of anilines is 1. The predicted octanol–water partition coefficient (Wildman–Crippen LogP) is 5.15. The summed E-state index contributed by atoms with van der Waals surface area (Å²) < 4.78 is 0. The van der Waals surface area contributed by atoms with Crippen LogP contribution < -0.4 is 5.32 Å². The third-order valence-corrected chi connectivity index (χ3v) is 3.88. The zero-order valence-electron chi connectivity index (χ0n) is 12.5. The molecule has 0 heterocycles. The Morgan fingerprint density at radius 3 is 2.47 bits per heavy atom. The molecule has 0 fully saturated rings. The number of benzene rings is 1. The van der Waals surface area contributed by atoms with Crippen molar-refractivity contribution in [2.24, 2.45) is 5.92 Å². The van der Waals surface area contributed by atoms with E-state index in [9.17, 15) is 4.79 Å². The highest BCUT2D eigenvalue weighted by molar-refractivity contribution is 6.32. The second-order valence-corrected chi connectivity index (χ2v) is 5.87. The monoisotopic (exact) mass is 281 g/mol. The van der Waals surface area contributed by atoms with Crippen LogP contribution in [0.5, 0.6) is 0 Å². The molecule has 1 aromatic rings. The molecule has 19 heavy (non-hydrogen) atoms. The van der Waals surface area contributed by atoms with Crippen LogP contribution >= 0.6 is 11.6 Å². The van der Waals surface area contributed by atoms with Gasteiger partial charge in [0.1, 0.15) is 0 Å². The van der Waals surface area contributed by atoms with E-state index in [2.05, 4.69) is 26.1 Å². The van der Waals surface area contributed by atoms with Gasteiger partial charge in [-0.2, -0.15) is 0 Å². The fraction of sp³-hybridized carbons (Fsp3) is 0.562. The van der Waals surface area contributed by atoms with Gasteiger partial charge in [-0.3, -0.25) is 4.79 Å². The van der Waals surface area contributed by atoms with Gasteiger partial charge in [0.2, 0.25) is 5.91 Å². The number of hydrogen-bond acceptors (Lipinski definition) is 1. The maximum atomic E-state index is 12.1. The number of aryl methyl sites for hydroxylation is 1. The number of carbonyl (C=O) groups excluding carboxylic acids is 1. The lowest BCUT2D eigenvalue weighted by Gasteiger charge is -2.19. The molecule has 1 amide bonds. The smallest absolute Gasteiger partial charge is 0.227 e. The molecule has 0 spiro atoms. The van der Waals surface area contributed by atoms with Crippen LogP contribution in [0.4, 0.5) is 5.69 Å². The Bertz CT molecular complexity index is 454. The van der Waals surface area contributed by atoms with Gasteiger partial charge < -0.3 is 5.32 Å². The van der Waals surface area contributed by atoms with Crippen LogP contribution in [0.2, 0.25) is 5.02 Å². The van der Waals surface area contributed by atoms with Crippen LogP contribution in [0.3, 0.4) is 0 Å². The maximum absolute atomic E-state index is 12.1. The lowest BCUT2D eigenvalue weighted by molar-refractivity contribution is -0.119. The minimum Gasteiger partial charge on any atom is -0.326 e. The fourth-order valence-electron chi connectivity index (χ4n) is 2.20. The molecule has 106 valence electrons. The minimum absolute atomic E-state index is 0.0325. The number of halogens is 1. The third kappa shape index (κ3) is 3.97. The average molecular weight is 282 g/mol. The van der Waals surface area contributed by atoms with Gasteiger partial charge in [-0.1, -0.05) is 51.8 Å². The highest BCUT2D eigenvalue weighted by Crippen LogP contribution is 2.34. The lowest BCUT2D eigenvalue weighted by Crippen LogP contribution is -2.21. The van der Waals surface area contributed by atoms with E-state index in [-0.39, 0.29) is 17.7 Å². The van der Waals surface area contributed by atoms with Crippen LogP contribution in [-0.2, 0) is 4.79 Å². The molecule has 0 aliphatic carbocycles. The van der Waals surface area contributed by atoms with Crippen molar-refractivity contribution < 1.29 is 4.79 Å². The summed E-state index contributed by atoms with van der Waals surface area (Å²) in [5.41, 5.74) is 2.92. The van der Waals surface area contributed by atoms with Gasteiger partial charge in [0.15, 0.2) is 0 Å². The second-order valence-electron chi connectivity index (χ2n) is 5.49. The van der Waals surface area contributed by atoms with E-state index in [4.69, 9.17) is 11.6 Å². The van der Waals surface area contributed by atoms with E-state index < -0.39 is 0 Å². The van der Waals surface area contributed by atoms with Gasteiger partial charge in [-0.25, -0.2) is 0 Å². The molecule has 1 rings (SSSR count). The Morgan fingerprint density at radius 1 is 1.32 bits per heavy atom. The zero-order valence-corrected chi connectivity index (χ0v) is 13.3. The summed E-state index contributed by atoms with van der Waals surface area (Å²) in [7, 11) is 0. The third-order valence-electron chi connectivity index (χ3n) is 3.38. The predicted molar refractivity (Wildman–Crippen MR) is 83.0 cm³/mol. The van der Waals surface area contributed by atoms with Crippen molar-refractivity contribution in [1.82, 2.24) is 0 Å².